The van der Waals surface area contributed by atoms with E-state index in [0.29, 0.717) is 11.1 Å². The Hall–Kier alpha value is -3.22. The van der Waals surface area contributed by atoms with Crippen molar-refractivity contribution >= 4 is 5.97 Å². The van der Waals surface area contributed by atoms with E-state index in [4.69, 9.17) is 4.74 Å². The Kier molecular flexibility index (Phi) is 5.44. The molecule has 1 atom stereocenters. The van der Waals surface area contributed by atoms with Crippen molar-refractivity contribution in [3.05, 3.63) is 106 Å². The van der Waals surface area contributed by atoms with Gasteiger partial charge < -0.3 is 4.74 Å². The molecule has 0 spiro atoms. The van der Waals surface area contributed by atoms with Crippen LogP contribution in [0.3, 0.4) is 0 Å². The molecule has 0 fully saturated rings. The summed E-state index contributed by atoms with van der Waals surface area (Å²) >= 11 is 0. The van der Waals surface area contributed by atoms with Gasteiger partial charge in [-0.15, -0.1) is 0 Å². The Morgan fingerprint density at radius 3 is 1.71 bits per heavy atom. The molecule has 28 heavy (non-hydrogen) atoms. The van der Waals surface area contributed by atoms with Crippen LogP contribution in [0.15, 0.2) is 54.6 Å². The molecule has 0 N–H and O–H groups in total. The van der Waals surface area contributed by atoms with E-state index in [0.717, 1.165) is 5.56 Å². The highest BCUT2D eigenvalue weighted by Crippen LogP contribution is 2.30. The molecule has 0 saturated heterocycles. The Bertz CT molecular complexity index is 988. The van der Waals surface area contributed by atoms with Gasteiger partial charge in [-0.05, 0) is 18.1 Å². The number of benzene rings is 3. The molecule has 0 aliphatic heterocycles. The Labute approximate surface area is 157 Å². The lowest BCUT2D eigenvalue weighted by Crippen LogP contribution is -2.18. The summed E-state index contributed by atoms with van der Waals surface area (Å²) < 4.78 is 73.1. The van der Waals surface area contributed by atoms with E-state index in [1.807, 2.05) is 6.92 Å². The number of rotatable bonds is 4. The first-order valence-electron chi connectivity index (χ1n) is 8.15. The summed E-state index contributed by atoms with van der Waals surface area (Å²) in [5.74, 6) is -12.9. The topological polar surface area (TPSA) is 26.3 Å². The summed E-state index contributed by atoms with van der Waals surface area (Å²) in [4.78, 5) is 12.4. The molecule has 0 aliphatic rings. The number of halogens is 5. The fourth-order valence-corrected chi connectivity index (χ4v) is 2.65. The smallest absolute Gasteiger partial charge is 0.345 e. The van der Waals surface area contributed by atoms with Gasteiger partial charge in [0.2, 0.25) is 5.82 Å². The molecule has 3 aromatic carbocycles. The van der Waals surface area contributed by atoms with Crippen molar-refractivity contribution in [3.8, 4) is 0 Å². The van der Waals surface area contributed by atoms with Crippen LogP contribution in [0, 0.1) is 36.0 Å². The van der Waals surface area contributed by atoms with Crippen LogP contribution in [-0.4, -0.2) is 5.97 Å². The van der Waals surface area contributed by atoms with E-state index in [2.05, 4.69) is 0 Å². The number of hydrogen-bond donors (Lipinski definition) is 0. The second-order valence-corrected chi connectivity index (χ2v) is 6.05. The van der Waals surface area contributed by atoms with Crippen molar-refractivity contribution in [1.82, 2.24) is 0 Å². The number of carbonyl (C=O) groups excluding carboxylic acids is 1. The van der Waals surface area contributed by atoms with Crippen LogP contribution in [0.1, 0.15) is 33.2 Å². The normalized spacial score (nSPS) is 11.9. The highest BCUT2D eigenvalue weighted by atomic mass is 19.2. The average molecular weight is 392 g/mol. The highest BCUT2D eigenvalue weighted by Gasteiger charge is 2.32. The number of carbonyl (C=O) groups is 1. The Morgan fingerprint density at radius 2 is 1.18 bits per heavy atom. The van der Waals surface area contributed by atoms with Crippen LogP contribution in [-0.2, 0) is 4.74 Å². The van der Waals surface area contributed by atoms with Crippen LogP contribution < -0.4 is 0 Å². The molecule has 0 bridgehead atoms. The summed E-state index contributed by atoms with van der Waals surface area (Å²) in [6, 6.07) is 15.0. The van der Waals surface area contributed by atoms with Crippen molar-refractivity contribution in [1.29, 1.82) is 0 Å². The molecule has 3 aromatic rings. The number of esters is 1. The zero-order valence-electron chi connectivity index (χ0n) is 14.5. The van der Waals surface area contributed by atoms with Gasteiger partial charge in [0, 0.05) is 0 Å². The number of hydrogen-bond acceptors (Lipinski definition) is 2. The maximum Gasteiger partial charge on any atom is 0.345 e. The third-order valence-corrected chi connectivity index (χ3v) is 4.12. The van der Waals surface area contributed by atoms with E-state index in [9.17, 15) is 26.7 Å². The van der Waals surface area contributed by atoms with Crippen LogP contribution in [0.4, 0.5) is 22.0 Å². The van der Waals surface area contributed by atoms with E-state index in [1.54, 1.807) is 54.6 Å². The van der Waals surface area contributed by atoms with E-state index in [-0.39, 0.29) is 0 Å². The van der Waals surface area contributed by atoms with Crippen molar-refractivity contribution in [2.75, 3.05) is 0 Å². The number of aryl methyl sites for hydroxylation is 1. The Morgan fingerprint density at radius 1 is 0.714 bits per heavy atom. The molecule has 0 saturated carbocycles. The molecule has 0 radical (unpaired) electrons. The quantitative estimate of drug-likeness (QED) is 0.249. The minimum atomic E-state index is -2.34. The van der Waals surface area contributed by atoms with E-state index in [1.165, 1.54) is 0 Å². The molecule has 3 rings (SSSR count). The lowest BCUT2D eigenvalue weighted by Gasteiger charge is -2.19. The second kappa shape index (κ2) is 7.80. The largest absolute Gasteiger partial charge is 0.449 e. The molecule has 2 nitrogen and oxygen atoms in total. The van der Waals surface area contributed by atoms with Gasteiger partial charge in [0.1, 0.15) is 5.56 Å². The fourth-order valence-electron chi connectivity index (χ4n) is 2.65. The van der Waals surface area contributed by atoms with Gasteiger partial charge in [-0.25, -0.2) is 26.7 Å². The maximum absolute atomic E-state index is 13.9. The van der Waals surface area contributed by atoms with Gasteiger partial charge >= 0.3 is 5.97 Å². The van der Waals surface area contributed by atoms with Crippen molar-refractivity contribution in [2.45, 2.75) is 13.0 Å². The highest BCUT2D eigenvalue weighted by molar-refractivity contribution is 5.90. The van der Waals surface area contributed by atoms with E-state index < -0.39 is 46.7 Å². The molecule has 7 heteroatoms. The van der Waals surface area contributed by atoms with Crippen LogP contribution in [0.2, 0.25) is 0 Å². The van der Waals surface area contributed by atoms with Crippen LogP contribution >= 0.6 is 0 Å². The lowest BCUT2D eigenvalue weighted by atomic mass is 10.00. The zero-order chi connectivity index (χ0) is 20.4. The first-order valence-corrected chi connectivity index (χ1v) is 8.15. The van der Waals surface area contributed by atoms with Gasteiger partial charge in [0.15, 0.2) is 29.4 Å². The summed E-state index contributed by atoms with van der Waals surface area (Å²) in [6.45, 7) is 1.84. The molecule has 0 amide bonds. The first kappa shape index (κ1) is 19.5. The van der Waals surface area contributed by atoms with Gasteiger partial charge in [-0.3, -0.25) is 0 Å². The molecular formula is C21H13F5O2. The van der Waals surface area contributed by atoms with Gasteiger partial charge in [0.25, 0.3) is 0 Å². The molecule has 0 aliphatic carbocycles. The molecule has 1 unspecified atom stereocenters. The molecule has 144 valence electrons. The average Bonchev–Trinajstić information content (AvgIpc) is 2.70. The third-order valence-electron chi connectivity index (χ3n) is 4.12. The summed E-state index contributed by atoms with van der Waals surface area (Å²) in [6.07, 6.45) is -1.11. The van der Waals surface area contributed by atoms with Crippen molar-refractivity contribution in [2.24, 2.45) is 0 Å². The van der Waals surface area contributed by atoms with Crippen LogP contribution in [0.5, 0.6) is 0 Å². The molecule has 0 aromatic heterocycles. The van der Waals surface area contributed by atoms with Gasteiger partial charge in [0.05, 0.1) is 0 Å². The minimum absolute atomic E-state index is 0.462. The van der Waals surface area contributed by atoms with E-state index >= 15 is 0 Å². The standard InChI is InChI=1S/C21H13F5O2/c1-11-7-9-13(10-8-11)20(12-5-3-2-4-6-12)28-21(27)14-15(22)17(24)19(26)18(25)16(14)23/h2-10,20H,1H3. The SMILES string of the molecule is Cc1ccc(C(OC(=O)c2c(F)c(F)c(F)c(F)c2F)c2ccccc2)cc1. The molecule has 0 heterocycles. The second-order valence-electron chi connectivity index (χ2n) is 6.05. The molecular weight excluding hydrogens is 379 g/mol. The minimum Gasteiger partial charge on any atom is -0.449 e. The predicted octanol–water partition coefficient (Wildman–Crippen LogP) is 5.64. The Balaban J connectivity index is 2.05. The van der Waals surface area contributed by atoms with Crippen LogP contribution in [0.25, 0.3) is 0 Å². The van der Waals surface area contributed by atoms with Gasteiger partial charge in [-0.1, -0.05) is 60.2 Å². The number of ether oxygens (including phenoxy) is 1. The fraction of sp³-hybridized carbons (Fsp3) is 0.0952. The van der Waals surface area contributed by atoms with Gasteiger partial charge in [-0.2, -0.15) is 0 Å². The summed E-state index contributed by atoms with van der Waals surface area (Å²) in [5, 5.41) is 0. The third kappa shape index (κ3) is 3.60. The summed E-state index contributed by atoms with van der Waals surface area (Å²) in [5.41, 5.74) is 0.212. The van der Waals surface area contributed by atoms with Crippen molar-refractivity contribution < 1.29 is 31.5 Å². The first-order chi connectivity index (χ1) is 13.3. The maximum atomic E-state index is 13.9. The monoisotopic (exact) mass is 392 g/mol. The lowest BCUT2D eigenvalue weighted by molar-refractivity contribution is 0.0363. The van der Waals surface area contributed by atoms with Crippen molar-refractivity contribution in [3.63, 3.8) is 0 Å². The zero-order valence-corrected chi connectivity index (χ0v) is 14.5. The predicted molar refractivity (Wildman–Crippen MR) is 91.1 cm³/mol. The summed E-state index contributed by atoms with van der Waals surface area (Å²) in [7, 11) is 0.